The first kappa shape index (κ1) is 13.0. The van der Waals surface area contributed by atoms with E-state index in [-0.39, 0.29) is 6.04 Å². The molecule has 1 heterocycles. The van der Waals surface area contributed by atoms with E-state index in [9.17, 15) is 0 Å². The van der Waals surface area contributed by atoms with E-state index in [1.807, 2.05) is 0 Å². The van der Waals surface area contributed by atoms with Gasteiger partial charge in [-0.15, -0.1) is 0 Å². The van der Waals surface area contributed by atoms with E-state index in [1.165, 1.54) is 62.9 Å². The van der Waals surface area contributed by atoms with Crippen LogP contribution in [0.4, 0.5) is 5.69 Å². The molecule has 1 aromatic rings. The average molecular weight is 258 g/mol. The van der Waals surface area contributed by atoms with Gasteiger partial charge in [0.05, 0.1) is 0 Å². The van der Waals surface area contributed by atoms with Gasteiger partial charge < -0.3 is 10.6 Å². The topological polar surface area (TPSA) is 29.3 Å². The molecule has 19 heavy (non-hydrogen) atoms. The maximum atomic E-state index is 6.11. The molecule has 1 atom stereocenters. The molecule has 3 rings (SSSR count). The van der Waals surface area contributed by atoms with Crippen molar-refractivity contribution in [1.29, 1.82) is 0 Å². The zero-order valence-corrected chi connectivity index (χ0v) is 12.1. The number of hydrogen-bond donors (Lipinski definition) is 1. The molecule has 2 N–H and O–H groups in total. The number of para-hydroxylation sites is 1. The summed E-state index contributed by atoms with van der Waals surface area (Å²) in [6, 6.07) is 8.79. The van der Waals surface area contributed by atoms with Crippen LogP contribution in [0.25, 0.3) is 0 Å². The zero-order chi connectivity index (χ0) is 13.3. The zero-order valence-electron chi connectivity index (χ0n) is 12.1. The number of nitrogens with two attached hydrogens (primary N) is 1. The second kappa shape index (κ2) is 5.16. The summed E-state index contributed by atoms with van der Waals surface area (Å²) in [6.07, 6.45) is 8.60. The lowest BCUT2D eigenvalue weighted by Crippen LogP contribution is -2.39. The number of hydrogen-bond acceptors (Lipinski definition) is 2. The number of piperidine rings is 1. The molecule has 0 aromatic heterocycles. The predicted molar refractivity (Wildman–Crippen MR) is 81.4 cm³/mol. The van der Waals surface area contributed by atoms with Gasteiger partial charge >= 0.3 is 0 Å². The van der Waals surface area contributed by atoms with Gasteiger partial charge in [-0.1, -0.05) is 31.0 Å². The number of rotatable bonds is 2. The Bertz CT molecular complexity index is 423. The number of anilines is 1. The number of benzene rings is 1. The Labute approximate surface area is 117 Å². The Morgan fingerprint density at radius 1 is 1.05 bits per heavy atom. The van der Waals surface area contributed by atoms with Crippen LogP contribution >= 0.6 is 0 Å². The molecule has 1 aliphatic heterocycles. The van der Waals surface area contributed by atoms with Crippen molar-refractivity contribution in [3.8, 4) is 0 Å². The third kappa shape index (κ3) is 2.51. The molecule has 104 valence electrons. The van der Waals surface area contributed by atoms with Gasteiger partial charge in [-0.3, -0.25) is 0 Å². The normalized spacial score (nSPS) is 23.8. The Balaban J connectivity index is 1.75. The summed E-state index contributed by atoms with van der Waals surface area (Å²) in [4.78, 5) is 2.56. The summed E-state index contributed by atoms with van der Waals surface area (Å²) in [5, 5.41) is 0. The lowest BCUT2D eigenvalue weighted by Gasteiger charge is -2.41. The first-order valence-electron chi connectivity index (χ1n) is 7.80. The molecule has 1 aliphatic carbocycles. The Morgan fingerprint density at radius 3 is 2.32 bits per heavy atom. The van der Waals surface area contributed by atoms with Crippen molar-refractivity contribution in [3.05, 3.63) is 29.8 Å². The van der Waals surface area contributed by atoms with Crippen molar-refractivity contribution in [2.45, 2.75) is 51.5 Å². The van der Waals surface area contributed by atoms with Crippen LogP contribution < -0.4 is 10.6 Å². The second-order valence-electron chi connectivity index (χ2n) is 6.54. The Morgan fingerprint density at radius 2 is 1.68 bits per heavy atom. The van der Waals surface area contributed by atoms with Crippen LogP contribution in [-0.2, 0) is 0 Å². The summed E-state index contributed by atoms with van der Waals surface area (Å²) in [7, 11) is 0. The van der Waals surface area contributed by atoms with Crippen LogP contribution in [0.3, 0.4) is 0 Å². The first-order chi connectivity index (χ1) is 9.20. The fraction of sp³-hybridized carbons (Fsp3) is 0.647. The van der Waals surface area contributed by atoms with Crippen LogP contribution in [0.5, 0.6) is 0 Å². The van der Waals surface area contributed by atoms with Crippen molar-refractivity contribution in [2.24, 2.45) is 11.1 Å². The van der Waals surface area contributed by atoms with E-state index in [4.69, 9.17) is 5.73 Å². The van der Waals surface area contributed by atoms with Crippen LogP contribution in [0.2, 0.25) is 0 Å². The van der Waals surface area contributed by atoms with Crippen molar-refractivity contribution in [3.63, 3.8) is 0 Å². The molecule has 0 radical (unpaired) electrons. The van der Waals surface area contributed by atoms with Crippen molar-refractivity contribution < 1.29 is 0 Å². The SMILES string of the molecule is CC(N)c1ccccc1N1CCC2(CCCC2)CC1. The molecule has 2 nitrogen and oxygen atoms in total. The smallest absolute Gasteiger partial charge is 0.0414 e. The largest absolute Gasteiger partial charge is 0.371 e. The fourth-order valence-corrected chi connectivity index (χ4v) is 4.01. The lowest BCUT2D eigenvalue weighted by molar-refractivity contribution is 0.226. The van der Waals surface area contributed by atoms with Gasteiger partial charge in [0.25, 0.3) is 0 Å². The molecule has 1 unspecified atom stereocenters. The molecule has 1 aromatic carbocycles. The fourth-order valence-electron chi connectivity index (χ4n) is 4.01. The second-order valence-corrected chi connectivity index (χ2v) is 6.54. The van der Waals surface area contributed by atoms with Gasteiger partial charge in [0, 0.05) is 24.8 Å². The van der Waals surface area contributed by atoms with Crippen LogP contribution in [-0.4, -0.2) is 13.1 Å². The van der Waals surface area contributed by atoms with E-state index < -0.39 is 0 Å². The van der Waals surface area contributed by atoms with Gasteiger partial charge in [0.2, 0.25) is 0 Å². The Kier molecular flexibility index (Phi) is 3.53. The maximum Gasteiger partial charge on any atom is 0.0414 e. The number of nitrogens with zero attached hydrogens (tertiary/aromatic N) is 1. The van der Waals surface area contributed by atoms with Gasteiger partial charge in [-0.25, -0.2) is 0 Å². The molecule has 2 fully saturated rings. The van der Waals surface area contributed by atoms with Crippen molar-refractivity contribution in [1.82, 2.24) is 0 Å². The molecule has 1 saturated heterocycles. The monoisotopic (exact) mass is 258 g/mol. The minimum Gasteiger partial charge on any atom is -0.371 e. The highest BCUT2D eigenvalue weighted by Gasteiger charge is 2.37. The summed E-state index contributed by atoms with van der Waals surface area (Å²) < 4.78 is 0. The lowest BCUT2D eigenvalue weighted by atomic mass is 9.77. The van der Waals surface area contributed by atoms with E-state index in [0.717, 1.165) is 0 Å². The van der Waals surface area contributed by atoms with Gasteiger partial charge in [0.1, 0.15) is 0 Å². The molecule has 1 spiro atoms. The molecule has 2 aliphatic rings. The molecule has 0 amide bonds. The first-order valence-corrected chi connectivity index (χ1v) is 7.80. The quantitative estimate of drug-likeness (QED) is 0.872. The summed E-state index contributed by atoms with van der Waals surface area (Å²) in [5.74, 6) is 0. The van der Waals surface area contributed by atoms with Crippen LogP contribution in [0.1, 0.15) is 57.1 Å². The highest BCUT2D eigenvalue weighted by atomic mass is 15.1. The summed E-state index contributed by atoms with van der Waals surface area (Å²) in [5.41, 5.74) is 9.47. The third-order valence-electron chi connectivity index (χ3n) is 5.26. The van der Waals surface area contributed by atoms with E-state index in [0.29, 0.717) is 5.41 Å². The minimum atomic E-state index is 0.124. The van der Waals surface area contributed by atoms with Crippen LogP contribution in [0.15, 0.2) is 24.3 Å². The highest BCUT2D eigenvalue weighted by Crippen LogP contribution is 2.47. The van der Waals surface area contributed by atoms with E-state index in [2.05, 4.69) is 36.1 Å². The van der Waals surface area contributed by atoms with E-state index in [1.54, 1.807) is 0 Å². The summed E-state index contributed by atoms with van der Waals surface area (Å²) >= 11 is 0. The molecule has 0 bridgehead atoms. The molecular weight excluding hydrogens is 232 g/mol. The molecule has 2 heteroatoms. The van der Waals surface area contributed by atoms with Gasteiger partial charge in [0.15, 0.2) is 0 Å². The van der Waals surface area contributed by atoms with Crippen LogP contribution in [0, 0.1) is 5.41 Å². The van der Waals surface area contributed by atoms with Gasteiger partial charge in [-0.2, -0.15) is 0 Å². The highest BCUT2D eigenvalue weighted by molar-refractivity contribution is 5.55. The van der Waals surface area contributed by atoms with Crippen molar-refractivity contribution in [2.75, 3.05) is 18.0 Å². The van der Waals surface area contributed by atoms with Gasteiger partial charge in [-0.05, 0) is 49.7 Å². The van der Waals surface area contributed by atoms with E-state index >= 15 is 0 Å². The average Bonchev–Trinajstić information content (AvgIpc) is 2.88. The predicted octanol–water partition coefficient (Wildman–Crippen LogP) is 3.87. The van der Waals surface area contributed by atoms with Crippen molar-refractivity contribution >= 4 is 5.69 Å². The molecular formula is C17H26N2. The Hall–Kier alpha value is -1.02. The standard InChI is InChI=1S/C17H26N2/c1-14(18)15-6-2-3-7-16(15)19-12-10-17(11-13-19)8-4-5-9-17/h2-3,6-7,14H,4-5,8-13,18H2,1H3. The molecule has 1 saturated carbocycles. The third-order valence-corrected chi connectivity index (χ3v) is 5.26. The maximum absolute atomic E-state index is 6.11. The minimum absolute atomic E-state index is 0.124. The summed E-state index contributed by atoms with van der Waals surface area (Å²) in [6.45, 7) is 4.51.